The number of amides is 7. The van der Waals surface area contributed by atoms with E-state index in [2.05, 4.69) is 31.9 Å². The Morgan fingerprint density at radius 1 is 0.221 bits per heavy atom. The minimum absolute atomic E-state index is 0.0244. The second-order valence-corrected chi connectivity index (χ2v) is 50.8. The molecule has 0 radical (unpaired) electrons. The molecule has 0 aliphatic heterocycles. The number of nitrogens with zero attached hydrogens (tertiary/aromatic N) is 7. The lowest BCUT2D eigenvalue weighted by molar-refractivity contribution is -0.124. The molecule has 0 unspecified atom stereocenters. The highest BCUT2D eigenvalue weighted by Gasteiger charge is 2.39. The van der Waals surface area contributed by atoms with Crippen LogP contribution in [-0.2, 0) is 153 Å². The number of hydrogen-bond donors (Lipinski definition) is 14. The summed E-state index contributed by atoms with van der Waals surface area (Å²) >= 11 is 0. The van der Waals surface area contributed by atoms with Gasteiger partial charge in [0.15, 0.2) is 0 Å². The maximum Gasteiger partial charge on any atom is 0.235 e. The molecule has 818 valence electrons. The van der Waals surface area contributed by atoms with Gasteiger partial charge in [0.2, 0.25) is 112 Å². The molecular formula is C100H145N21O21S7. The smallest absolute Gasteiger partial charge is 0.235 e. The third-order valence-corrected chi connectivity index (χ3v) is 36.5. The standard InChI is InChI=1S/C100H145N21O21S7/c101-47-27-25-45-88(63-116(69-94(108)122)144(131,132)54-50-104)109-95(123)73-120(148(139,140)77-85-41-21-7-22-42-85)67-92(60-82-35-15-4-16-36-82)114-99(127)72-118(146(135,136)56-52-106)65-90(58-80-31-11-2-12-32-80)111-100(128)75-121(149(141,142)78-86-43-23-8-24-44-86)68-93(61-83-37-17-5-18-38-83)113-98(126)71-117(145(133,134)55-51-105)64-89(46-26-28-48-102)110-96(124)74-119(147(137,138)76-84-39-19-6-20-40-84)66-91(59-81-33-13-3-14-34-81)112-97(125)70-115(143(129,130)53-49-103)62-87(107)57-79-29-9-1-10-30-79/h1-24,29-44,87-93H,25-28,45-78,101-107H2,(H2,108,122)(H,109,123)(H,110,124)(H,111,128)(H,112,125)(H,113,126)(H,114,127)/t87-,88-,89-,90-,91-,92-,93-/m0/s1. The van der Waals surface area contributed by atoms with Crippen LogP contribution in [0.3, 0.4) is 0 Å². The Kier molecular flexibility index (Phi) is 51.5. The summed E-state index contributed by atoms with van der Waals surface area (Å²) in [6, 6.07) is 58.4. The van der Waals surface area contributed by atoms with Gasteiger partial charge in [-0.1, -0.05) is 255 Å². The van der Waals surface area contributed by atoms with Crippen LogP contribution in [0.1, 0.15) is 83.0 Å². The number of sulfonamides is 7. The van der Waals surface area contributed by atoms with Crippen molar-refractivity contribution in [3.05, 3.63) is 287 Å². The van der Waals surface area contributed by atoms with Crippen molar-refractivity contribution in [2.24, 2.45) is 45.9 Å². The molecule has 8 aromatic rings. The van der Waals surface area contributed by atoms with E-state index in [-0.39, 0.29) is 89.7 Å². The number of carbonyl (C=O) groups excluding carboxylic acids is 7. The van der Waals surface area contributed by atoms with Crippen LogP contribution in [0.15, 0.2) is 243 Å². The Labute approximate surface area is 877 Å². The van der Waals surface area contributed by atoms with E-state index < -0.39 is 292 Å². The molecule has 8 aromatic carbocycles. The number of primary amides is 1. The highest BCUT2D eigenvalue weighted by Crippen LogP contribution is 2.23. The zero-order chi connectivity index (χ0) is 109. The van der Waals surface area contributed by atoms with Crippen LogP contribution < -0.4 is 77.8 Å². The normalized spacial score (nSPS) is 13.8. The number of nitrogens with one attached hydrogen (secondary N) is 6. The Hall–Kier alpha value is -10.9. The van der Waals surface area contributed by atoms with Gasteiger partial charge in [-0.2, -0.15) is 30.1 Å². The number of unbranched alkanes of at least 4 members (excludes halogenated alkanes) is 2. The van der Waals surface area contributed by atoms with Crippen molar-refractivity contribution in [2.45, 2.75) is 130 Å². The zero-order valence-corrected chi connectivity index (χ0v) is 89.4. The number of nitrogens with two attached hydrogens (primary N) is 8. The molecule has 149 heavy (non-hydrogen) atoms. The van der Waals surface area contributed by atoms with Crippen LogP contribution >= 0.6 is 0 Å². The fourth-order valence-electron chi connectivity index (χ4n) is 16.9. The molecule has 0 aromatic heterocycles. The Morgan fingerprint density at radius 2 is 0.403 bits per heavy atom. The molecule has 0 bridgehead atoms. The molecule has 0 saturated carbocycles. The molecule has 8 rings (SSSR count). The van der Waals surface area contributed by atoms with Crippen LogP contribution in [0.2, 0.25) is 0 Å². The van der Waals surface area contributed by atoms with Gasteiger partial charge in [0.25, 0.3) is 0 Å². The molecule has 0 saturated heterocycles. The molecule has 42 nitrogen and oxygen atoms in total. The molecular weight excluding hydrogens is 2060 g/mol. The summed E-state index contributed by atoms with van der Waals surface area (Å²) in [7, 11) is -31.8. The van der Waals surface area contributed by atoms with E-state index >= 15 is 44.4 Å². The minimum atomic E-state index is -4.75. The summed E-state index contributed by atoms with van der Waals surface area (Å²) in [5.41, 5.74) is 51.1. The Bertz CT molecular complexity index is 6340. The SMILES string of the molecule is NCCCC[C@@H](CN(CC(N)=O)S(=O)(=O)CCN)NC(=O)CN(C[C@H](Cc1ccccc1)NC(=O)CN(C[C@H](Cc1ccccc1)NC(=O)CN(C[C@H](Cc1ccccc1)NC(=O)CN(C[C@H](CCCCN)NC(=O)CN(C[C@H](Cc1ccccc1)NC(=O)CN(C[C@@H](N)Cc1ccccc1)S(=O)(=O)CCN)S(=O)(=O)Cc1ccccc1)S(=O)(=O)CCN)S(=O)(=O)Cc1ccccc1)S(=O)(=O)CCN)S(=O)(=O)Cc1ccccc1. The van der Waals surface area contributed by atoms with Gasteiger partial charge in [-0.25, -0.2) is 58.9 Å². The van der Waals surface area contributed by atoms with Gasteiger partial charge in [0, 0.05) is 114 Å². The van der Waals surface area contributed by atoms with Crippen LogP contribution in [0.5, 0.6) is 0 Å². The topological polar surface area (TPSA) is 661 Å². The van der Waals surface area contributed by atoms with Crippen molar-refractivity contribution in [1.82, 2.24) is 62.0 Å². The van der Waals surface area contributed by atoms with Gasteiger partial charge in [-0.15, -0.1) is 0 Å². The predicted octanol–water partition coefficient (Wildman–Crippen LogP) is -0.963. The molecule has 0 aliphatic rings. The van der Waals surface area contributed by atoms with Gasteiger partial charge in [-0.3, -0.25) is 33.6 Å². The van der Waals surface area contributed by atoms with Crippen molar-refractivity contribution in [1.29, 1.82) is 0 Å². The predicted molar refractivity (Wildman–Crippen MR) is 575 cm³/mol. The number of rotatable bonds is 73. The molecule has 7 atom stereocenters. The largest absolute Gasteiger partial charge is 0.369 e. The van der Waals surface area contributed by atoms with Crippen LogP contribution in [0.4, 0.5) is 0 Å². The van der Waals surface area contributed by atoms with Gasteiger partial charge in [0.1, 0.15) is 0 Å². The number of carbonyl (C=O) groups is 7. The lowest BCUT2D eigenvalue weighted by atomic mass is 10.1. The van der Waals surface area contributed by atoms with E-state index in [9.17, 15) is 48.1 Å². The molecule has 0 fully saturated rings. The van der Waals surface area contributed by atoms with Crippen molar-refractivity contribution >= 4 is 112 Å². The zero-order valence-electron chi connectivity index (χ0n) is 83.7. The van der Waals surface area contributed by atoms with E-state index in [0.717, 1.165) is 35.7 Å². The first kappa shape index (κ1) is 123. The lowest BCUT2D eigenvalue weighted by Crippen LogP contribution is -2.56. The van der Waals surface area contributed by atoms with Crippen molar-refractivity contribution < 1.29 is 92.5 Å². The van der Waals surface area contributed by atoms with Gasteiger partial charge in [0.05, 0.1) is 86.1 Å². The first-order chi connectivity index (χ1) is 70.9. The quantitative estimate of drug-likeness (QED) is 0.0204. The summed E-state index contributed by atoms with van der Waals surface area (Å²) in [6.07, 6.45) is 1.07. The minimum Gasteiger partial charge on any atom is -0.369 e. The fraction of sp³-hybridized carbons (Fsp3) is 0.450. The highest BCUT2D eigenvalue weighted by atomic mass is 32.2. The summed E-state index contributed by atoms with van der Waals surface area (Å²) in [4.78, 5) is 102. The van der Waals surface area contributed by atoms with E-state index in [1.807, 2.05) is 18.2 Å². The lowest BCUT2D eigenvalue weighted by Gasteiger charge is -2.32. The van der Waals surface area contributed by atoms with Crippen LogP contribution in [0, 0.1) is 0 Å². The summed E-state index contributed by atoms with van der Waals surface area (Å²) in [6.45, 7) is -11.9. The van der Waals surface area contributed by atoms with Gasteiger partial charge >= 0.3 is 0 Å². The first-order valence-electron chi connectivity index (χ1n) is 49.1. The molecule has 7 amide bonds. The van der Waals surface area contributed by atoms with Crippen molar-refractivity contribution in [2.75, 3.05) is 154 Å². The summed E-state index contributed by atoms with van der Waals surface area (Å²) in [5.74, 6) is -11.6. The Morgan fingerprint density at radius 3 is 0.611 bits per heavy atom. The average Bonchev–Trinajstić information content (AvgIpc) is 0.823. The van der Waals surface area contributed by atoms with Crippen molar-refractivity contribution in [3.63, 3.8) is 0 Å². The maximum absolute atomic E-state index is 15.4. The second kappa shape index (κ2) is 62.2. The summed E-state index contributed by atoms with van der Waals surface area (Å²) < 4.78 is 211. The fourth-order valence-corrected chi connectivity index (χ4v) is 26.6. The molecule has 0 heterocycles. The maximum atomic E-state index is 15.4. The molecule has 22 N–H and O–H groups in total. The number of hydrogen-bond acceptors (Lipinski definition) is 28. The van der Waals surface area contributed by atoms with Gasteiger partial charge < -0.3 is 77.8 Å². The third-order valence-electron chi connectivity index (χ3n) is 23.9. The van der Waals surface area contributed by atoms with E-state index in [1.165, 1.54) is 12.1 Å². The monoisotopic (exact) mass is 2200 g/mol. The molecule has 49 heteroatoms. The van der Waals surface area contributed by atoms with Crippen LogP contribution in [-0.4, -0.2) is 327 Å². The molecule has 0 spiro atoms. The van der Waals surface area contributed by atoms with Gasteiger partial charge in [-0.05, 0) is 115 Å². The third kappa shape index (κ3) is 44.9. The van der Waals surface area contributed by atoms with E-state index in [1.54, 1.807) is 212 Å². The number of benzene rings is 8. The van der Waals surface area contributed by atoms with Crippen LogP contribution in [0.25, 0.3) is 0 Å². The second-order valence-electron chi connectivity index (χ2n) is 36.5. The summed E-state index contributed by atoms with van der Waals surface area (Å²) in [5, 5.41) is 16.9. The first-order valence-corrected chi connectivity index (χ1v) is 60.4. The Balaban J connectivity index is 1.10. The van der Waals surface area contributed by atoms with E-state index in [4.69, 9.17) is 45.9 Å². The van der Waals surface area contributed by atoms with E-state index in [0.29, 0.717) is 52.6 Å². The molecule has 0 aliphatic carbocycles. The highest BCUT2D eigenvalue weighted by molar-refractivity contribution is 7.90. The van der Waals surface area contributed by atoms with Crippen molar-refractivity contribution in [3.8, 4) is 0 Å². The average molecular weight is 2200 g/mol.